The summed E-state index contributed by atoms with van der Waals surface area (Å²) in [5.74, 6) is 0. The smallest absolute Gasteiger partial charge is 0.261 e. The Kier molecular flexibility index (Phi) is 3.85. The number of aromatic nitrogens is 2. The van der Waals surface area contributed by atoms with Crippen molar-refractivity contribution in [2.45, 2.75) is 6.73 Å². The monoisotopic (exact) mass is 234 g/mol. The van der Waals surface area contributed by atoms with Crippen LogP contribution in [0.15, 0.2) is 35.5 Å². The highest BCUT2D eigenvalue weighted by Gasteiger charge is 2.01. The molecule has 90 valence electrons. The summed E-state index contributed by atoms with van der Waals surface area (Å²) in [5.41, 5.74) is -0.0898. The van der Waals surface area contributed by atoms with Gasteiger partial charge in [0.15, 0.2) is 0 Å². The first kappa shape index (κ1) is 11.8. The number of hydrogen-bond acceptors (Lipinski definition) is 4. The van der Waals surface area contributed by atoms with E-state index < -0.39 is 0 Å². The van der Waals surface area contributed by atoms with E-state index in [1.54, 1.807) is 25.7 Å². The van der Waals surface area contributed by atoms with Gasteiger partial charge in [-0.1, -0.05) is 0 Å². The zero-order valence-electron chi connectivity index (χ0n) is 9.63. The maximum atomic E-state index is 12.0. The van der Waals surface area contributed by atoms with Gasteiger partial charge in [-0.05, 0) is 17.5 Å². The van der Waals surface area contributed by atoms with Crippen molar-refractivity contribution in [1.82, 2.24) is 9.55 Å². The van der Waals surface area contributed by atoms with Crippen LogP contribution in [0.25, 0.3) is 10.8 Å². The summed E-state index contributed by atoms with van der Waals surface area (Å²) in [7, 11) is 1.61. The second kappa shape index (κ2) is 5.56. The van der Waals surface area contributed by atoms with Crippen molar-refractivity contribution in [3.05, 3.63) is 41.1 Å². The average Bonchev–Trinajstić information content (AvgIpc) is 2.37. The Morgan fingerprint density at radius 1 is 1.35 bits per heavy atom. The maximum absolute atomic E-state index is 12.0. The van der Waals surface area contributed by atoms with Crippen molar-refractivity contribution >= 4 is 10.8 Å². The SMILES string of the molecule is COCCOCn1ccc2ccncc2c1=O. The topological polar surface area (TPSA) is 53.4 Å². The third kappa shape index (κ3) is 2.69. The normalized spacial score (nSPS) is 10.9. The minimum Gasteiger partial charge on any atom is -0.382 e. The standard InChI is InChI=1S/C12H14N2O3/c1-16-6-7-17-9-14-5-3-10-2-4-13-8-11(10)12(14)15/h2-5,8H,6-7,9H2,1H3. The molecule has 2 heterocycles. The molecule has 5 heteroatoms. The van der Waals surface area contributed by atoms with Gasteiger partial charge in [0.1, 0.15) is 6.73 Å². The van der Waals surface area contributed by atoms with E-state index in [0.717, 1.165) is 5.39 Å². The Bertz CT molecular complexity index is 551. The van der Waals surface area contributed by atoms with Crippen LogP contribution in [-0.4, -0.2) is 29.9 Å². The summed E-state index contributed by atoms with van der Waals surface area (Å²) >= 11 is 0. The molecule has 0 N–H and O–H groups in total. The summed E-state index contributed by atoms with van der Waals surface area (Å²) in [6, 6.07) is 3.69. The molecule has 0 unspecified atom stereocenters. The molecule has 0 aromatic carbocycles. The van der Waals surface area contributed by atoms with Crippen LogP contribution in [-0.2, 0) is 16.2 Å². The first-order chi connectivity index (χ1) is 8.33. The molecule has 0 aliphatic heterocycles. The summed E-state index contributed by atoms with van der Waals surface area (Å²) < 4.78 is 11.7. The molecule has 0 bridgehead atoms. The number of pyridine rings is 2. The first-order valence-corrected chi connectivity index (χ1v) is 5.33. The predicted molar refractivity (Wildman–Crippen MR) is 63.8 cm³/mol. The van der Waals surface area contributed by atoms with Crippen LogP contribution < -0.4 is 5.56 Å². The molecule has 0 fully saturated rings. The molecule has 0 radical (unpaired) electrons. The largest absolute Gasteiger partial charge is 0.382 e. The molecule has 2 aromatic rings. The molecular formula is C12H14N2O3. The highest BCUT2D eigenvalue weighted by atomic mass is 16.5. The van der Waals surface area contributed by atoms with Crippen LogP contribution in [0, 0.1) is 0 Å². The molecule has 0 aliphatic rings. The van der Waals surface area contributed by atoms with Crippen LogP contribution in [0.1, 0.15) is 0 Å². The lowest BCUT2D eigenvalue weighted by molar-refractivity contribution is 0.0329. The quantitative estimate of drug-likeness (QED) is 0.725. The molecule has 5 nitrogen and oxygen atoms in total. The van der Waals surface area contributed by atoms with Gasteiger partial charge in [0, 0.05) is 25.7 Å². The first-order valence-electron chi connectivity index (χ1n) is 5.33. The van der Waals surface area contributed by atoms with Crippen LogP contribution in [0.4, 0.5) is 0 Å². The molecule has 17 heavy (non-hydrogen) atoms. The highest BCUT2D eigenvalue weighted by molar-refractivity contribution is 5.79. The summed E-state index contributed by atoms with van der Waals surface area (Å²) in [6.07, 6.45) is 4.96. The summed E-state index contributed by atoms with van der Waals surface area (Å²) in [5, 5.41) is 1.49. The number of ether oxygens (including phenoxy) is 2. The van der Waals surface area contributed by atoms with Gasteiger partial charge in [-0.25, -0.2) is 0 Å². The minimum absolute atomic E-state index is 0.0898. The molecule has 2 rings (SSSR count). The highest BCUT2D eigenvalue weighted by Crippen LogP contribution is 2.06. The number of fused-ring (bicyclic) bond motifs is 1. The Balaban J connectivity index is 2.18. The maximum Gasteiger partial charge on any atom is 0.261 e. The second-order valence-corrected chi connectivity index (χ2v) is 3.58. The fourth-order valence-electron chi connectivity index (χ4n) is 1.53. The van der Waals surface area contributed by atoms with Gasteiger partial charge >= 0.3 is 0 Å². The second-order valence-electron chi connectivity index (χ2n) is 3.58. The van der Waals surface area contributed by atoms with Crippen LogP contribution >= 0.6 is 0 Å². The molecule has 0 saturated carbocycles. The number of rotatable bonds is 5. The van der Waals surface area contributed by atoms with E-state index in [1.807, 2.05) is 12.1 Å². The van der Waals surface area contributed by atoms with E-state index in [0.29, 0.717) is 18.6 Å². The number of nitrogens with zero attached hydrogens (tertiary/aromatic N) is 2. The zero-order chi connectivity index (χ0) is 12.1. The summed E-state index contributed by atoms with van der Waals surface area (Å²) in [4.78, 5) is 16.0. The third-order valence-corrected chi connectivity index (χ3v) is 2.44. The van der Waals surface area contributed by atoms with Crippen molar-refractivity contribution in [2.24, 2.45) is 0 Å². The fraction of sp³-hybridized carbons (Fsp3) is 0.333. The van der Waals surface area contributed by atoms with Gasteiger partial charge in [-0.2, -0.15) is 0 Å². The van der Waals surface area contributed by atoms with Crippen molar-refractivity contribution in [1.29, 1.82) is 0 Å². The predicted octanol–water partition coefficient (Wildman–Crippen LogP) is 1.02. The molecule has 0 amide bonds. The average molecular weight is 234 g/mol. The van der Waals surface area contributed by atoms with Gasteiger partial charge in [0.05, 0.1) is 18.6 Å². The third-order valence-electron chi connectivity index (χ3n) is 2.44. The molecule has 0 spiro atoms. The van der Waals surface area contributed by atoms with Crippen molar-refractivity contribution in [2.75, 3.05) is 20.3 Å². The number of hydrogen-bond donors (Lipinski definition) is 0. The van der Waals surface area contributed by atoms with E-state index in [9.17, 15) is 4.79 Å². The van der Waals surface area contributed by atoms with E-state index in [4.69, 9.17) is 9.47 Å². The molecule has 0 atom stereocenters. The zero-order valence-corrected chi connectivity index (χ0v) is 9.63. The minimum atomic E-state index is -0.0898. The van der Waals surface area contributed by atoms with Gasteiger partial charge in [0.2, 0.25) is 0 Å². The Morgan fingerprint density at radius 3 is 3.06 bits per heavy atom. The molecule has 0 saturated heterocycles. The van der Waals surface area contributed by atoms with Gasteiger partial charge in [-0.15, -0.1) is 0 Å². The lowest BCUT2D eigenvalue weighted by Gasteiger charge is -2.07. The number of methoxy groups -OCH3 is 1. The van der Waals surface area contributed by atoms with Crippen LogP contribution in [0.2, 0.25) is 0 Å². The van der Waals surface area contributed by atoms with Crippen molar-refractivity contribution in [3.8, 4) is 0 Å². The molecule has 2 aromatic heterocycles. The Hall–Kier alpha value is -1.72. The van der Waals surface area contributed by atoms with Gasteiger partial charge in [0.25, 0.3) is 5.56 Å². The van der Waals surface area contributed by atoms with Crippen molar-refractivity contribution < 1.29 is 9.47 Å². The lowest BCUT2D eigenvalue weighted by atomic mass is 10.2. The summed E-state index contributed by atoms with van der Waals surface area (Å²) in [6.45, 7) is 1.21. The van der Waals surface area contributed by atoms with E-state index in [1.165, 1.54) is 4.57 Å². The van der Waals surface area contributed by atoms with Gasteiger partial charge in [-0.3, -0.25) is 14.3 Å². The van der Waals surface area contributed by atoms with Crippen LogP contribution in [0.5, 0.6) is 0 Å². The van der Waals surface area contributed by atoms with E-state index >= 15 is 0 Å². The molecule has 0 aliphatic carbocycles. The van der Waals surface area contributed by atoms with E-state index in [-0.39, 0.29) is 12.3 Å². The van der Waals surface area contributed by atoms with Crippen molar-refractivity contribution in [3.63, 3.8) is 0 Å². The van der Waals surface area contributed by atoms with E-state index in [2.05, 4.69) is 4.98 Å². The Labute approximate surface area is 98.6 Å². The molecular weight excluding hydrogens is 220 g/mol. The Morgan fingerprint density at radius 2 is 2.24 bits per heavy atom. The van der Waals surface area contributed by atoms with Crippen LogP contribution in [0.3, 0.4) is 0 Å². The van der Waals surface area contributed by atoms with Gasteiger partial charge < -0.3 is 9.47 Å². The lowest BCUT2D eigenvalue weighted by Crippen LogP contribution is -2.21. The fourth-order valence-corrected chi connectivity index (χ4v) is 1.53.